The summed E-state index contributed by atoms with van der Waals surface area (Å²) in [5.74, 6) is 0.681. The van der Waals surface area contributed by atoms with Gasteiger partial charge in [0.05, 0.1) is 12.2 Å². The Balaban J connectivity index is 2.58. The fraction of sp³-hybridized carbons (Fsp3) is 0.500. The molecule has 1 rings (SSSR count). The lowest BCUT2D eigenvalue weighted by atomic mass is 10.1. The molecule has 0 aliphatic carbocycles. The first-order valence-corrected chi connectivity index (χ1v) is 5.22. The molecule has 1 aromatic carbocycles. The van der Waals surface area contributed by atoms with E-state index in [2.05, 4.69) is 0 Å². The van der Waals surface area contributed by atoms with Gasteiger partial charge in [0.1, 0.15) is 12.4 Å². The van der Waals surface area contributed by atoms with Crippen LogP contribution in [0.5, 0.6) is 5.75 Å². The van der Waals surface area contributed by atoms with Crippen LogP contribution >= 0.6 is 0 Å². The van der Waals surface area contributed by atoms with Crippen molar-refractivity contribution in [1.29, 1.82) is 0 Å². The Morgan fingerprint density at radius 2 is 2.07 bits per heavy atom. The van der Waals surface area contributed by atoms with Gasteiger partial charge in [-0.3, -0.25) is 0 Å². The van der Waals surface area contributed by atoms with Crippen LogP contribution in [0.15, 0.2) is 24.3 Å². The van der Waals surface area contributed by atoms with Crippen molar-refractivity contribution in [3.8, 4) is 5.75 Å². The molecule has 84 valence electrons. The second kappa shape index (κ2) is 5.73. The van der Waals surface area contributed by atoms with E-state index in [0.717, 1.165) is 5.56 Å². The van der Waals surface area contributed by atoms with Gasteiger partial charge in [0.15, 0.2) is 0 Å². The first-order chi connectivity index (χ1) is 7.13. The first kappa shape index (κ1) is 12.0. The van der Waals surface area contributed by atoms with Gasteiger partial charge in [-0.2, -0.15) is 0 Å². The maximum absolute atomic E-state index is 9.37. The van der Waals surface area contributed by atoms with Crippen LogP contribution in [0, 0.1) is 0 Å². The lowest BCUT2D eigenvalue weighted by molar-refractivity contribution is 0.104. The molecule has 0 amide bonds. The van der Waals surface area contributed by atoms with Gasteiger partial charge in [0.2, 0.25) is 0 Å². The third-order valence-corrected chi connectivity index (χ3v) is 2.25. The predicted molar refractivity (Wildman–Crippen MR) is 58.9 cm³/mol. The molecule has 15 heavy (non-hydrogen) atoms. The quantitative estimate of drug-likeness (QED) is 0.780. The van der Waals surface area contributed by atoms with E-state index in [4.69, 9.17) is 4.74 Å². The van der Waals surface area contributed by atoms with E-state index in [-0.39, 0.29) is 0 Å². The molecule has 0 aliphatic rings. The SMILES string of the molecule is CCC(O)COc1cccc([C@H](C)O)c1. The van der Waals surface area contributed by atoms with E-state index in [1.807, 2.05) is 25.1 Å². The van der Waals surface area contributed by atoms with E-state index in [1.165, 1.54) is 0 Å². The second-order valence-electron chi connectivity index (χ2n) is 3.62. The van der Waals surface area contributed by atoms with Gasteiger partial charge in [0, 0.05) is 0 Å². The Bertz CT molecular complexity index is 297. The lowest BCUT2D eigenvalue weighted by Crippen LogP contribution is -2.16. The van der Waals surface area contributed by atoms with Crippen molar-refractivity contribution in [2.75, 3.05) is 6.61 Å². The van der Waals surface area contributed by atoms with Gasteiger partial charge in [-0.15, -0.1) is 0 Å². The van der Waals surface area contributed by atoms with Crippen molar-refractivity contribution in [3.63, 3.8) is 0 Å². The minimum absolute atomic E-state index is 0.291. The van der Waals surface area contributed by atoms with E-state index >= 15 is 0 Å². The van der Waals surface area contributed by atoms with E-state index in [9.17, 15) is 10.2 Å². The monoisotopic (exact) mass is 210 g/mol. The lowest BCUT2D eigenvalue weighted by Gasteiger charge is -2.12. The number of aliphatic hydroxyl groups excluding tert-OH is 2. The van der Waals surface area contributed by atoms with Crippen LogP contribution in [-0.4, -0.2) is 22.9 Å². The Kier molecular flexibility index (Phi) is 4.59. The van der Waals surface area contributed by atoms with Gasteiger partial charge in [-0.25, -0.2) is 0 Å². The third-order valence-electron chi connectivity index (χ3n) is 2.25. The van der Waals surface area contributed by atoms with Crippen LogP contribution in [0.3, 0.4) is 0 Å². The van der Waals surface area contributed by atoms with Crippen LogP contribution in [0.4, 0.5) is 0 Å². The summed E-state index contributed by atoms with van der Waals surface area (Å²) in [6.07, 6.45) is -0.249. The van der Waals surface area contributed by atoms with Crippen molar-refractivity contribution in [2.45, 2.75) is 32.5 Å². The topological polar surface area (TPSA) is 49.7 Å². The minimum Gasteiger partial charge on any atom is -0.491 e. The molecule has 0 saturated carbocycles. The molecule has 1 unspecified atom stereocenters. The summed E-state index contributed by atoms with van der Waals surface area (Å²) in [4.78, 5) is 0. The number of hydrogen-bond donors (Lipinski definition) is 2. The van der Waals surface area contributed by atoms with Crippen molar-refractivity contribution in [2.24, 2.45) is 0 Å². The molecular formula is C12H18O3. The molecule has 0 saturated heterocycles. The number of hydrogen-bond acceptors (Lipinski definition) is 3. The highest BCUT2D eigenvalue weighted by atomic mass is 16.5. The van der Waals surface area contributed by atoms with Crippen LogP contribution in [0.25, 0.3) is 0 Å². The molecule has 0 spiro atoms. The van der Waals surface area contributed by atoms with E-state index in [0.29, 0.717) is 18.8 Å². The minimum atomic E-state index is -0.496. The van der Waals surface area contributed by atoms with Crippen LogP contribution in [0.2, 0.25) is 0 Å². The molecular weight excluding hydrogens is 192 g/mol. The standard InChI is InChI=1S/C12H18O3/c1-3-11(14)8-15-12-6-4-5-10(7-12)9(2)13/h4-7,9,11,13-14H,3,8H2,1-2H3/t9-,11?/m0/s1. The van der Waals surface area contributed by atoms with Gasteiger partial charge in [-0.1, -0.05) is 19.1 Å². The Morgan fingerprint density at radius 3 is 2.67 bits per heavy atom. The Hall–Kier alpha value is -1.06. The third kappa shape index (κ3) is 3.90. The molecule has 0 aromatic heterocycles. The average Bonchev–Trinajstić information content (AvgIpc) is 2.26. The molecule has 3 nitrogen and oxygen atoms in total. The summed E-state index contributed by atoms with van der Waals surface area (Å²) in [6, 6.07) is 7.27. The molecule has 2 N–H and O–H groups in total. The maximum atomic E-state index is 9.37. The van der Waals surface area contributed by atoms with Crippen molar-refractivity contribution < 1.29 is 14.9 Å². The highest BCUT2D eigenvalue weighted by Crippen LogP contribution is 2.18. The van der Waals surface area contributed by atoms with Crippen LogP contribution in [-0.2, 0) is 0 Å². The summed E-state index contributed by atoms with van der Waals surface area (Å²) in [5.41, 5.74) is 0.818. The summed E-state index contributed by atoms with van der Waals surface area (Å²) >= 11 is 0. The summed E-state index contributed by atoms with van der Waals surface area (Å²) in [5, 5.41) is 18.7. The normalized spacial score (nSPS) is 14.7. The molecule has 2 atom stereocenters. The number of aliphatic hydroxyl groups is 2. The van der Waals surface area contributed by atoms with E-state index in [1.54, 1.807) is 13.0 Å². The summed E-state index contributed by atoms with van der Waals surface area (Å²) in [6.45, 7) is 3.90. The van der Waals surface area contributed by atoms with Gasteiger partial charge < -0.3 is 14.9 Å². The van der Waals surface area contributed by atoms with Crippen LogP contribution in [0.1, 0.15) is 31.9 Å². The molecule has 0 bridgehead atoms. The Labute approximate surface area is 90.3 Å². The molecule has 0 radical (unpaired) electrons. The van der Waals surface area contributed by atoms with E-state index < -0.39 is 12.2 Å². The average molecular weight is 210 g/mol. The van der Waals surface area contributed by atoms with Crippen molar-refractivity contribution >= 4 is 0 Å². The molecule has 3 heteroatoms. The molecule has 1 aromatic rings. The zero-order valence-corrected chi connectivity index (χ0v) is 9.18. The molecule has 0 heterocycles. The van der Waals surface area contributed by atoms with Gasteiger partial charge in [-0.05, 0) is 31.0 Å². The maximum Gasteiger partial charge on any atom is 0.119 e. The van der Waals surface area contributed by atoms with Crippen LogP contribution < -0.4 is 4.74 Å². The summed E-state index contributed by atoms with van der Waals surface area (Å²) in [7, 11) is 0. The first-order valence-electron chi connectivity index (χ1n) is 5.22. The highest BCUT2D eigenvalue weighted by molar-refractivity contribution is 5.29. The number of ether oxygens (including phenoxy) is 1. The fourth-order valence-corrected chi connectivity index (χ4v) is 1.17. The smallest absolute Gasteiger partial charge is 0.119 e. The Morgan fingerprint density at radius 1 is 1.33 bits per heavy atom. The zero-order chi connectivity index (χ0) is 11.3. The summed E-state index contributed by atoms with van der Waals surface area (Å²) < 4.78 is 5.39. The fourth-order valence-electron chi connectivity index (χ4n) is 1.17. The van der Waals surface area contributed by atoms with Gasteiger partial charge in [0.25, 0.3) is 0 Å². The predicted octanol–water partition coefficient (Wildman–Crippen LogP) is 1.89. The zero-order valence-electron chi connectivity index (χ0n) is 9.18. The van der Waals surface area contributed by atoms with Crippen molar-refractivity contribution in [3.05, 3.63) is 29.8 Å². The van der Waals surface area contributed by atoms with Gasteiger partial charge >= 0.3 is 0 Å². The number of benzene rings is 1. The molecule has 0 fully saturated rings. The largest absolute Gasteiger partial charge is 0.491 e. The second-order valence-corrected chi connectivity index (χ2v) is 3.62. The highest BCUT2D eigenvalue weighted by Gasteiger charge is 2.04. The van der Waals surface area contributed by atoms with Crippen molar-refractivity contribution in [1.82, 2.24) is 0 Å². The molecule has 0 aliphatic heterocycles. The number of rotatable bonds is 5.